The molecule has 0 aromatic heterocycles. The molecule has 94 valence electrons. The van der Waals surface area contributed by atoms with Crippen LogP contribution in [-0.2, 0) is 5.41 Å². The highest BCUT2D eigenvalue weighted by atomic mass is 35.5. The Kier molecular flexibility index (Phi) is 3.64. The monoisotopic (exact) mass is 253 g/mol. The van der Waals surface area contributed by atoms with Crippen molar-refractivity contribution in [2.75, 3.05) is 13.7 Å². The summed E-state index contributed by atoms with van der Waals surface area (Å²) in [6.07, 6.45) is 4.76. The lowest BCUT2D eigenvalue weighted by atomic mass is 9.76. The Bertz CT molecular complexity index is 411. The molecule has 0 atom stereocenters. The average Bonchev–Trinajstić information content (AvgIpc) is 2.81. The molecule has 1 saturated carbocycles. The smallest absolute Gasteiger partial charge is 0.141 e. The Labute approximate surface area is 108 Å². The molecular formula is C14H20ClNO. The molecule has 0 amide bonds. The Morgan fingerprint density at radius 1 is 1.35 bits per heavy atom. The fourth-order valence-corrected chi connectivity index (χ4v) is 3.36. The van der Waals surface area contributed by atoms with Gasteiger partial charge in [0.2, 0.25) is 0 Å². The molecule has 0 radical (unpaired) electrons. The van der Waals surface area contributed by atoms with Crippen LogP contribution in [0.3, 0.4) is 0 Å². The Morgan fingerprint density at radius 2 is 2.00 bits per heavy atom. The molecule has 0 aliphatic heterocycles. The van der Waals surface area contributed by atoms with E-state index < -0.39 is 0 Å². The second kappa shape index (κ2) is 4.87. The molecule has 2 nitrogen and oxygen atoms in total. The van der Waals surface area contributed by atoms with E-state index in [1.165, 1.54) is 24.0 Å². The summed E-state index contributed by atoms with van der Waals surface area (Å²) in [5.41, 5.74) is 8.58. The minimum absolute atomic E-state index is 0.0698. The van der Waals surface area contributed by atoms with Crippen molar-refractivity contribution in [3.63, 3.8) is 0 Å². The molecule has 17 heavy (non-hydrogen) atoms. The number of halogens is 1. The number of methoxy groups -OCH3 is 1. The Hall–Kier alpha value is -0.730. The lowest BCUT2D eigenvalue weighted by Gasteiger charge is -2.31. The van der Waals surface area contributed by atoms with Crippen LogP contribution in [0.15, 0.2) is 12.1 Å². The highest BCUT2D eigenvalue weighted by Crippen LogP contribution is 2.47. The van der Waals surface area contributed by atoms with Crippen molar-refractivity contribution in [1.29, 1.82) is 0 Å². The lowest BCUT2D eigenvalue weighted by Crippen LogP contribution is -2.33. The summed E-state index contributed by atoms with van der Waals surface area (Å²) >= 11 is 6.23. The van der Waals surface area contributed by atoms with E-state index in [0.717, 1.165) is 18.6 Å². The van der Waals surface area contributed by atoms with E-state index in [9.17, 15) is 0 Å². The number of hydrogen-bond donors (Lipinski definition) is 1. The van der Waals surface area contributed by atoms with E-state index in [4.69, 9.17) is 22.1 Å². The average molecular weight is 254 g/mol. The number of nitrogens with two attached hydrogens (primary N) is 1. The summed E-state index contributed by atoms with van der Waals surface area (Å²) in [6.45, 7) is 2.79. The molecule has 0 saturated heterocycles. The third-order valence-electron chi connectivity index (χ3n) is 4.00. The van der Waals surface area contributed by atoms with Crippen molar-refractivity contribution in [2.45, 2.75) is 38.0 Å². The molecule has 1 aliphatic rings. The van der Waals surface area contributed by atoms with Gasteiger partial charge < -0.3 is 10.5 Å². The summed E-state index contributed by atoms with van der Waals surface area (Å²) in [5.74, 6) is 0.819. The summed E-state index contributed by atoms with van der Waals surface area (Å²) in [6, 6.07) is 3.97. The van der Waals surface area contributed by atoms with E-state index in [1.807, 2.05) is 6.07 Å². The standard InChI is InChI=1S/C14H20ClNO/c1-10-5-6-11(15)13(17-2)12(10)14(9-16)7-3-4-8-14/h5-6H,3-4,7-9,16H2,1-2H3. The van der Waals surface area contributed by atoms with Crippen molar-refractivity contribution in [3.05, 3.63) is 28.3 Å². The van der Waals surface area contributed by atoms with Crippen LogP contribution in [-0.4, -0.2) is 13.7 Å². The van der Waals surface area contributed by atoms with Crippen LogP contribution in [0.1, 0.15) is 36.8 Å². The summed E-state index contributed by atoms with van der Waals surface area (Å²) < 4.78 is 5.51. The quantitative estimate of drug-likeness (QED) is 0.896. The van der Waals surface area contributed by atoms with Gasteiger partial charge in [-0.2, -0.15) is 0 Å². The van der Waals surface area contributed by atoms with Crippen molar-refractivity contribution >= 4 is 11.6 Å². The second-order valence-corrected chi connectivity index (χ2v) is 5.37. The van der Waals surface area contributed by atoms with Gasteiger partial charge in [-0.25, -0.2) is 0 Å². The number of benzene rings is 1. The van der Waals surface area contributed by atoms with E-state index in [0.29, 0.717) is 11.6 Å². The SMILES string of the molecule is COc1c(Cl)ccc(C)c1C1(CN)CCCC1. The molecule has 1 aromatic rings. The van der Waals surface area contributed by atoms with E-state index >= 15 is 0 Å². The summed E-state index contributed by atoms with van der Waals surface area (Å²) in [4.78, 5) is 0. The molecule has 1 aromatic carbocycles. The van der Waals surface area contributed by atoms with Gasteiger partial charge >= 0.3 is 0 Å². The highest BCUT2D eigenvalue weighted by molar-refractivity contribution is 6.32. The molecule has 0 bridgehead atoms. The predicted molar refractivity (Wildman–Crippen MR) is 71.9 cm³/mol. The first-order chi connectivity index (χ1) is 8.14. The van der Waals surface area contributed by atoms with Crippen LogP contribution >= 0.6 is 11.6 Å². The first kappa shape index (κ1) is 12.7. The van der Waals surface area contributed by atoms with E-state index in [2.05, 4.69) is 13.0 Å². The minimum Gasteiger partial charge on any atom is -0.495 e. The van der Waals surface area contributed by atoms with Crippen molar-refractivity contribution in [2.24, 2.45) is 5.73 Å². The molecule has 2 N–H and O–H groups in total. The zero-order valence-electron chi connectivity index (χ0n) is 10.6. The van der Waals surface area contributed by atoms with Crippen molar-refractivity contribution in [1.82, 2.24) is 0 Å². The van der Waals surface area contributed by atoms with Crippen LogP contribution in [0.5, 0.6) is 5.75 Å². The molecule has 2 rings (SSSR count). The van der Waals surface area contributed by atoms with Gasteiger partial charge in [0.1, 0.15) is 5.75 Å². The minimum atomic E-state index is 0.0698. The number of aryl methyl sites for hydroxylation is 1. The van der Waals surface area contributed by atoms with Crippen LogP contribution < -0.4 is 10.5 Å². The van der Waals surface area contributed by atoms with Crippen LogP contribution in [0.2, 0.25) is 5.02 Å². The van der Waals surface area contributed by atoms with Gasteiger partial charge in [-0.1, -0.05) is 30.5 Å². The maximum atomic E-state index is 6.23. The van der Waals surface area contributed by atoms with Gasteiger partial charge in [-0.15, -0.1) is 0 Å². The molecule has 1 aliphatic carbocycles. The van der Waals surface area contributed by atoms with Crippen LogP contribution in [0.25, 0.3) is 0 Å². The lowest BCUT2D eigenvalue weighted by molar-refractivity contribution is 0.376. The Morgan fingerprint density at radius 3 is 2.53 bits per heavy atom. The number of rotatable bonds is 3. The topological polar surface area (TPSA) is 35.2 Å². The summed E-state index contributed by atoms with van der Waals surface area (Å²) in [7, 11) is 1.68. The maximum Gasteiger partial charge on any atom is 0.141 e. The van der Waals surface area contributed by atoms with Crippen LogP contribution in [0, 0.1) is 6.92 Å². The van der Waals surface area contributed by atoms with Crippen molar-refractivity contribution in [3.8, 4) is 5.75 Å². The van der Waals surface area contributed by atoms with Gasteiger partial charge in [-0.3, -0.25) is 0 Å². The third-order valence-corrected chi connectivity index (χ3v) is 4.30. The molecule has 0 heterocycles. The van der Waals surface area contributed by atoms with Gasteiger partial charge in [-0.05, 0) is 31.4 Å². The van der Waals surface area contributed by atoms with Crippen molar-refractivity contribution < 1.29 is 4.74 Å². The first-order valence-electron chi connectivity index (χ1n) is 6.18. The fraction of sp³-hybridized carbons (Fsp3) is 0.571. The van der Waals surface area contributed by atoms with Gasteiger partial charge in [0, 0.05) is 17.5 Å². The highest BCUT2D eigenvalue weighted by Gasteiger charge is 2.38. The normalized spacial score (nSPS) is 18.4. The maximum absolute atomic E-state index is 6.23. The largest absolute Gasteiger partial charge is 0.495 e. The predicted octanol–water partition coefficient (Wildman–Crippen LogP) is 3.43. The van der Waals surface area contributed by atoms with Gasteiger partial charge in [0.25, 0.3) is 0 Å². The van der Waals surface area contributed by atoms with Crippen LogP contribution in [0.4, 0.5) is 0 Å². The molecular weight excluding hydrogens is 234 g/mol. The molecule has 3 heteroatoms. The van der Waals surface area contributed by atoms with Gasteiger partial charge in [0.15, 0.2) is 0 Å². The zero-order valence-corrected chi connectivity index (χ0v) is 11.3. The zero-order chi connectivity index (χ0) is 12.5. The fourth-order valence-electron chi connectivity index (χ4n) is 3.12. The molecule has 0 unspecified atom stereocenters. The first-order valence-corrected chi connectivity index (χ1v) is 6.56. The molecule has 1 fully saturated rings. The second-order valence-electron chi connectivity index (χ2n) is 4.96. The summed E-state index contributed by atoms with van der Waals surface area (Å²) in [5, 5.41) is 0.688. The van der Waals surface area contributed by atoms with Gasteiger partial charge in [0.05, 0.1) is 12.1 Å². The molecule has 0 spiro atoms. The Balaban J connectivity index is 2.60. The van der Waals surface area contributed by atoms with E-state index in [1.54, 1.807) is 7.11 Å². The van der Waals surface area contributed by atoms with E-state index in [-0.39, 0.29) is 5.41 Å². The third kappa shape index (κ3) is 2.04. The number of ether oxygens (including phenoxy) is 1. The number of hydrogen-bond acceptors (Lipinski definition) is 2.